The Morgan fingerprint density at radius 3 is 2.65 bits per heavy atom. The van der Waals surface area contributed by atoms with Gasteiger partial charge in [-0.1, -0.05) is 13.0 Å². The van der Waals surface area contributed by atoms with Crippen LogP contribution in [0.1, 0.15) is 30.3 Å². The Balaban J connectivity index is 2.56. The molecule has 2 N–H and O–H groups in total. The third kappa shape index (κ3) is 2.56. The molecule has 20 heavy (non-hydrogen) atoms. The van der Waals surface area contributed by atoms with Crippen LogP contribution in [0.15, 0.2) is 18.2 Å². The van der Waals surface area contributed by atoms with Gasteiger partial charge in [-0.2, -0.15) is 5.10 Å². The van der Waals surface area contributed by atoms with Crippen molar-refractivity contribution >= 4 is 0 Å². The van der Waals surface area contributed by atoms with E-state index in [0.717, 1.165) is 35.5 Å². The first-order valence-corrected chi connectivity index (χ1v) is 7.03. The Bertz CT molecular complexity index is 602. The fraction of sp³-hybridized carbons (Fsp3) is 0.438. The molecule has 0 unspecified atom stereocenters. The van der Waals surface area contributed by atoms with E-state index >= 15 is 0 Å². The van der Waals surface area contributed by atoms with E-state index in [-0.39, 0.29) is 0 Å². The monoisotopic (exact) mass is 273 g/mol. The Hall–Kier alpha value is -1.81. The van der Waals surface area contributed by atoms with Crippen LogP contribution in [0.2, 0.25) is 0 Å². The molecule has 1 aromatic heterocycles. The number of hydrogen-bond acceptors (Lipinski definition) is 3. The molecule has 108 valence electrons. The molecular weight excluding hydrogens is 250 g/mol. The topological polar surface area (TPSA) is 53.1 Å². The molecule has 0 aliphatic rings. The van der Waals surface area contributed by atoms with Crippen LogP contribution >= 0.6 is 0 Å². The highest BCUT2D eigenvalue weighted by molar-refractivity contribution is 5.72. The van der Waals surface area contributed by atoms with Gasteiger partial charge in [0.2, 0.25) is 0 Å². The number of rotatable bonds is 5. The van der Waals surface area contributed by atoms with E-state index in [9.17, 15) is 0 Å². The molecule has 1 heterocycles. The first kappa shape index (κ1) is 14.6. The minimum atomic E-state index is 0.490. The van der Waals surface area contributed by atoms with Gasteiger partial charge < -0.3 is 10.5 Å². The molecule has 0 bridgehead atoms. The van der Waals surface area contributed by atoms with Gasteiger partial charge in [-0.3, -0.25) is 4.68 Å². The predicted octanol–water partition coefficient (Wildman–Crippen LogP) is 3.04. The van der Waals surface area contributed by atoms with Gasteiger partial charge in [0.05, 0.1) is 12.8 Å². The van der Waals surface area contributed by atoms with E-state index in [1.807, 2.05) is 12.1 Å². The lowest BCUT2D eigenvalue weighted by Crippen LogP contribution is -2.02. The molecular formula is C16H23N3O. The molecule has 2 rings (SSSR count). The van der Waals surface area contributed by atoms with Crippen molar-refractivity contribution < 1.29 is 4.74 Å². The van der Waals surface area contributed by atoms with E-state index in [1.165, 1.54) is 11.3 Å². The first-order valence-electron chi connectivity index (χ1n) is 7.03. The molecule has 0 atom stereocenters. The van der Waals surface area contributed by atoms with Crippen LogP contribution in [-0.2, 0) is 13.1 Å². The molecule has 0 aliphatic heterocycles. The quantitative estimate of drug-likeness (QED) is 0.911. The Kier molecular flexibility index (Phi) is 4.45. The Labute approximate surface area is 120 Å². The summed E-state index contributed by atoms with van der Waals surface area (Å²) in [5.41, 5.74) is 11.6. The zero-order chi connectivity index (χ0) is 14.7. The molecule has 4 heteroatoms. The average Bonchev–Trinajstić information content (AvgIpc) is 2.73. The molecule has 0 aliphatic carbocycles. The minimum Gasteiger partial charge on any atom is -0.497 e. The van der Waals surface area contributed by atoms with Crippen molar-refractivity contribution in [2.75, 3.05) is 7.11 Å². The summed E-state index contributed by atoms with van der Waals surface area (Å²) in [6.45, 7) is 7.77. The number of benzene rings is 1. The summed E-state index contributed by atoms with van der Waals surface area (Å²) in [6, 6.07) is 6.06. The van der Waals surface area contributed by atoms with Crippen LogP contribution in [0.5, 0.6) is 5.75 Å². The van der Waals surface area contributed by atoms with Crippen LogP contribution in [-0.4, -0.2) is 16.9 Å². The van der Waals surface area contributed by atoms with Gasteiger partial charge in [-0.25, -0.2) is 0 Å². The smallest absolute Gasteiger partial charge is 0.119 e. The number of hydrogen-bond donors (Lipinski definition) is 1. The first-order chi connectivity index (χ1) is 9.62. The Morgan fingerprint density at radius 1 is 1.30 bits per heavy atom. The fourth-order valence-corrected chi connectivity index (χ4v) is 2.63. The van der Waals surface area contributed by atoms with Crippen molar-refractivity contribution in [3.8, 4) is 16.9 Å². The third-order valence-corrected chi connectivity index (χ3v) is 3.62. The predicted molar refractivity (Wildman–Crippen MR) is 81.9 cm³/mol. The highest BCUT2D eigenvalue weighted by Crippen LogP contribution is 2.32. The van der Waals surface area contributed by atoms with Gasteiger partial charge in [0.1, 0.15) is 5.75 Å². The number of aromatic nitrogens is 2. The maximum Gasteiger partial charge on any atom is 0.119 e. The van der Waals surface area contributed by atoms with E-state index in [1.54, 1.807) is 7.11 Å². The molecule has 2 aromatic rings. The van der Waals surface area contributed by atoms with Gasteiger partial charge in [0, 0.05) is 24.3 Å². The van der Waals surface area contributed by atoms with Gasteiger partial charge >= 0.3 is 0 Å². The van der Waals surface area contributed by atoms with E-state index in [2.05, 4.69) is 36.6 Å². The zero-order valence-electron chi connectivity index (χ0n) is 12.7. The van der Waals surface area contributed by atoms with Crippen molar-refractivity contribution in [3.05, 3.63) is 35.2 Å². The molecule has 0 saturated heterocycles. The third-order valence-electron chi connectivity index (χ3n) is 3.62. The molecule has 4 nitrogen and oxygen atoms in total. The fourth-order valence-electron chi connectivity index (χ4n) is 2.63. The largest absolute Gasteiger partial charge is 0.497 e. The number of nitrogens with zero attached hydrogens (tertiary/aromatic N) is 2. The van der Waals surface area contributed by atoms with Crippen LogP contribution in [0, 0.1) is 13.8 Å². The van der Waals surface area contributed by atoms with Crippen LogP contribution < -0.4 is 10.5 Å². The lowest BCUT2D eigenvalue weighted by atomic mass is 9.98. The summed E-state index contributed by atoms with van der Waals surface area (Å²) in [5, 5.41) is 4.64. The van der Waals surface area contributed by atoms with Crippen molar-refractivity contribution in [2.24, 2.45) is 5.73 Å². The van der Waals surface area contributed by atoms with Crippen LogP contribution in [0.25, 0.3) is 11.1 Å². The summed E-state index contributed by atoms with van der Waals surface area (Å²) in [4.78, 5) is 0. The van der Waals surface area contributed by atoms with Gasteiger partial charge in [0.25, 0.3) is 0 Å². The zero-order valence-corrected chi connectivity index (χ0v) is 12.7. The second-order valence-electron chi connectivity index (χ2n) is 5.00. The SMILES string of the molecule is CCCn1nc(C)c(-c2ccc(OC)cc2CN)c1C. The van der Waals surface area contributed by atoms with Crippen molar-refractivity contribution in [3.63, 3.8) is 0 Å². The van der Waals surface area contributed by atoms with Crippen LogP contribution in [0.3, 0.4) is 0 Å². The number of aryl methyl sites for hydroxylation is 2. The molecule has 0 saturated carbocycles. The summed E-state index contributed by atoms with van der Waals surface area (Å²) in [7, 11) is 1.67. The molecule has 1 aromatic carbocycles. The van der Waals surface area contributed by atoms with Crippen LogP contribution in [0.4, 0.5) is 0 Å². The maximum atomic E-state index is 5.89. The second-order valence-corrected chi connectivity index (χ2v) is 5.00. The molecule has 0 spiro atoms. The van der Waals surface area contributed by atoms with Crippen molar-refractivity contribution in [1.82, 2.24) is 9.78 Å². The standard InChI is InChI=1S/C16H23N3O/c1-5-8-19-12(3)16(11(2)18-19)15-7-6-14(20-4)9-13(15)10-17/h6-7,9H,5,8,10,17H2,1-4H3. The molecule has 0 fully saturated rings. The average molecular weight is 273 g/mol. The van der Waals surface area contributed by atoms with Crippen molar-refractivity contribution in [1.29, 1.82) is 0 Å². The van der Waals surface area contributed by atoms with Gasteiger partial charge in [0.15, 0.2) is 0 Å². The summed E-state index contributed by atoms with van der Waals surface area (Å²) < 4.78 is 7.35. The van der Waals surface area contributed by atoms with Gasteiger partial charge in [-0.05, 0) is 43.5 Å². The van der Waals surface area contributed by atoms with E-state index in [0.29, 0.717) is 6.54 Å². The summed E-state index contributed by atoms with van der Waals surface area (Å²) in [6.07, 6.45) is 1.08. The lowest BCUT2D eigenvalue weighted by Gasteiger charge is -2.11. The summed E-state index contributed by atoms with van der Waals surface area (Å²) >= 11 is 0. The molecule has 0 amide bonds. The second kappa shape index (κ2) is 6.09. The number of ether oxygens (including phenoxy) is 1. The Morgan fingerprint density at radius 2 is 2.05 bits per heavy atom. The van der Waals surface area contributed by atoms with E-state index in [4.69, 9.17) is 10.5 Å². The minimum absolute atomic E-state index is 0.490. The normalized spacial score (nSPS) is 10.8. The lowest BCUT2D eigenvalue weighted by molar-refractivity contribution is 0.414. The maximum absolute atomic E-state index is 5.89. The number of nitrogens with two attached hydrogens (primary N) is 1. The number of methoxy groups -OCH3 is 1. The van der Waals surface area contributed by atoms with Crippen molar-refractivity contribution in [2.45, 2.75) is 40.3 Å². The van der Waals surface area contributed by atoms with E-state index < -0.39 is 0 Å². The highest BCUT2D eigenvalue weighted by atomic mass is 16.5. The highest BCUT2D eigenvalue weighted by Gasteiger charge is 2.16. The van der Waals surface area contributed by atoms with Gasteiger partial charge in [-0.15, -0.1) is 0 Å². The summed E-state index contributed by atoms with van der Waals surface area (Å²) in [5.74, 6) is 0.838. The molecule has 0 radical (unpaired) electrons.